The number of ketones is 1. The normalized spacial score (nSPS) is 10.2. The molecule has 0 aromatic heterocycles. The van der Waals surface area contributed by atoms with E-state index in [9.17, 15) is 35.2 Å². The number of halogens is 2. The van der Waals surface area contributed by atoms with Gasteiger partial charge >= 0.3 is 18.9 Å². The Kier molecular flexibility index (Phi) is 20.1. The van der Waals surface area contributed by atoms with Gasteiger partial charge in [0.1, 0.15) is 5.78 Å². The van der Waals surface area contributed by atoms with Gasteiger partial charge in [-0.2, -0.15) is 6.42 Å². The molecular formula is C25H35Br2LiN2O7. The molecule has 0 aliphatic rings. The second kappa shape index (κ2) is 18.6. The first kappa shape index (κ1) is 39.9. The molecule has 0 atom stereocenters. The Hall–Kier alpha value is -1.61. The zero-order valence-corrected chi connectivity index (χ0v) is 25.8. The number of nitro benzene ring substituents is 2. The molecule has 202 valence electrons. The third kappa shape index (κ3) is 16.1. The van der Waals surface area contributed by atoms with E-state index in [0.717, 1.165) is 6.42 Å². The summed E-state index contributed by atoms with van der Waals surface area (Å²) in [5, 5.41) is 41.4. The van der Waals surface area contributed by atoms with Crippen molar-refractivity contribution < 1.29 is 43.7 Å². The third-order valence-corrected chi connectivity index (χ3v) is 5.29. The molecule has 9 nitrogen and oxygen atoms in total. The van der Waals surface area contributed by atoms with Crippen molar-refractivity contribution in [3.8, 4) is 0 Å². The average molecular weight is 642 g/mol. The van der Waals surface area contributed by atoms with Gasteiger partial charge in [0, 0.05) is 0 Å². The monoisotopic (exact) mass is 640 g/mol. The summed E-state index contributed by atoms with van der Waals surface area (Å²) in [7, 11) is 0. The number of unbranched alkanes of at least 4 members (excludes halogenated alkanes) is 1. The Labute approximate surface area is 247 Å². The first-order valence-electron chi connectivity index (χ1n) is 10.9. The molecule has 2 N–H and O–H groups in total. The molecule has 2 aromatic rings. The Balaban J connectivity index is -0.000000495. The molecule has 0 aliphatic heterocycles. The fourth-order valence-electron chi connectivity index (χ4n) is 2.39. The number of nitrogens with zero attached hydrogens (tertiary/aromatic N) is 2. The summed E-state index contributed by atoms with van der Waals surface area (Å²) in [4.78, 5) is 29.9. The van der Waals surface area contributed by atoms with Crippen molar-refractivity contribution in [1.29, 1.82) is 0 Å². The molecule has 12 heteroatoms. The summed E-state index contributed by atoms with van der Waals surface area (Å²) in [6.07, 6.45) is 2.28. The summed E-state index contributed by atoms with van der Waals surface area (Å²) in [6, 6.07) is 9.56. The predicted octanol–water partition coefficient (Wildman–Crippen LogP) is 4.39. The van der Waals surface area contributed by atoms with Gasteiger partial charge in [0.15, 0.2) is 0 Å². The molecule has 0 saturated carbocycles. The van der Waals surface area contributed by atoms with Gasteiger partial charge in [0.25, 0.3) is 11.4 Å². The first-order valence-corrected chi connectivity index (χ1v) is 12.5. The van der Waals surface area contributed by atoms with Crippen LogP contribution in [0.1, 0.15) is 72.4 Å². The Morgan fingerprint density at radius 2 is 1.14 bits per heavy atom. The van der Waals surface area contributed by atoms with Crippen LogP contribution in [0.5, 0.6) is 0 Å². The summed E-state index contributed by atoms with van der Waals surface area (Å²) in [5.74, 6) is 0.167. The SMILES string of the molecule is CC(C)(O)c1cccc(C(C)(C)O)c1[N+](=O)[O-].CC(C)=O.O=[N+]([O-])c1c(Br)cccc1Br.[CH2-]CCC.[Li+]. The van der Waals surface area contributed by atoms with Crippen LogP contribution in [0.15, 0.2) is 45.3 Å². The molecule has 0 unspecified atom stereocenters. The van der Waals surface area contributed by atoms with Gasteiger partial charge in [-0.15, -0.1) is 0 Å². The van der Waals surface area contributed by atoms with E-state index in [0.29, 0.717) is 8.95 Å². The van der Waals surface area contributed by atoms with Crippen molar-refractivity contribution in [3.63, 3.8) is 0 Å². The summed E-state index contributed by atoms with van der Waals surface area (Å²) in [5.41, 5.74) is -2.43. The van der Waals surface area contributed by atoms with Crippen LogP contribution in [0.3, 0.4) is 0 Å². The second-order valence-electron chi connectivity index (χ2n) is 8.67. The predicted molar refractivity (Wildman–Crippen MR) is 149 cm³/mol. The number of aliphatic hydroxyl groups is 2. The van der Waals surface area contributed by atoms with Gasteiger partial charge in [-0.25, -0.2) is 0 Å². The molecule has 0 aliphatic carbocycles. The standard InChI is InChI=1S/C12H17NO4.C6H3Br2NO2.C4H9.C3H6O.Li/c1-11(2,14)8-6-5-7-9(12(3,4)15)10(8)13(16)17;7-4-2-1-3-5(8)6(4)9(10)11;1-3-4-2;1-3(2)4;/h5-7,14-15H,1-4H3;1-3H;1,3-4H2,2H3;1-2H3;/q;;-1;;+1. The Morgan fingerprint density at radius 1 is 0.865 bits per heavy atom. The number of benzene rings is 2. The van der Waals surface area contributed by atoms with Crippen molar-refractivity contribution in [2.75, 3.05) is 0 Å². The molecule has 0 spiro atoms. The molecule has 2 rings (SSSR count). The molecule has 0 heterocycles. The minimum Gasteiger partial charge on any atom is -0.385 e. The summed E-state index contributed by atoms with van der Waals surface area (Å²) >= 11 is 6.15. The number of rotatable bonds is 5. The second-order valence-corrected chi connectivity index (χ2v) is 10.4. The number of hydrogen-bond donors (Lipinski definition) is 2. The first-order chi connectivity index (χ1) is 16.3. The van der Waals surface area contributed by atoms with Crippen LogP contribution in [0, 0.1) is 27.2 Å². The van der Waals surface area contributed by atoms with Crippen LogP contribution < -0.4 is 18.9 Å². The fourth-order valence-corrected chi connectivity index (χ4v) is 3.68. The molecule has 0 radical (unpaired) electrons. The van der Waals surface area contributed by atoms with Gasteiger partial charge < -0.3 is 21.9 Å². The molecule has 0 fully saturated rings. The van der Waals surface area contributed by atoms with Crippen LogP contribution in [-0.4, -0.2) is 25.8 Å². The number of nitro groups is 2. The molecule has 37 heavy (non-hydrogen) atoms. The van der Waals surface area contributed by atoms with Crippen LogP contribution >= 0.6 is 31.9 Å². The van der Waals surface area contributed by atoms with Crippen LogP contribution in [0.2, 0.25) is 0 Å². The molecule has 0 amide bonds. The van der Waals surface area contributed by atoms with E-state index in [4.69, 9.17) is 0 Å². The van der Waals surface area contributed by atoms with Crippen LogP contribution in [0.4, 0.5) is 11.4 Å². The molecular weight excluding hydrogens is 607 g/mol. The zero-order chi connectivity index (χ0) is 28.9. The zero-order valence-electron chi connectivity index (χ0n) is 22.7. The van der Waals surface area contributed by atoms with E-state index >= 15 is 0 Å². The van der Waals surface area contributed by atoms with Gasteiger partial charge in [-0.3, -0.25) is 20.2 Å². The number of Topliss-reactive ketones (excluding diaryl/α,β-unsaturated/α-hetero) is 1. The van der Waals surface area contributed by atoms with Crippen molar-refractivity contribution in [1.82, 2.24) is 0 Å². The van der Waals surface area contributed by atoms with Gasteiger partial charge in [-0.05, 0) is 97.7 Å². The van der Waals surface area contributed by atoms with E-state index in [1.807, 2.05) is 0 Å². The molecule has 2 aromatic carbocycles. The minimum absolute atomic E-state index is 0. The quantitative estimate of drug-likeness (QED) is 0.213. The number of carbonyl (C=O) groups excluding carboxylic acids is 1. The van der Waals surface area contributed by atoms with E-state index < -0.39 is 21.0 Å². The Bertz CT molecular complexity index is 963. The van der Waals surface area contributed by atoms with E-state index in [2.05, 4.69) is 45.7 Å². The van der Waals surface area contributed by atoms with Gasteiger partial charge in [-0.1, -0.05) is 25.5 Å². The topological polar surface area (TPSA) is 144 Å². The van der Waals surface area contributed by atoms with Crippen molar-refractivity contribution in [2.24, 2.45) is 0 Å². The maximum absolute atomic E-state index is 11.1. The summed E-state index contributed by atoms with van der Waals surface area (Å²) < 4.78 is 0.966. The molecule has 0 bridgehead atoms. The fraction of sp³-hybridized carbons (Fsp3) is 0.440. The molecule has 0 saturated heterocycles. The minimum atomic E-state index is -1.33. The van der Waals surface area contributed by atoms with E-state index in [1.54, 1.807) is 24.3 Å². The van der Waals surface area contributed by atoms with Crippen molar-refractivity contribution in [2.45, 2.75) is 72.5 Å². The van der Waals surface area contributed by atoms with E-state index in [1.165, 1.54) is 60.1 Å². The maximum atomic E-state index is 11.1. The Morgan fingerprint density at radius 3 is 1.32 bits per heavy atom. The number of para-hydroxylation sites is 2. The van der Waals surface area contributed by atoms with Crippen molar-refractivity contribution in [3.05, 3.63) is 83.6 Å². The number of carbonyl (C=O) groups is 1. The largest absolute Gasteiger partial charge is 1.00 e. The van der Waals surface area contributed by atoms with Crippen molar-refractivity contribution >= 4 is 49.0 Å². The maximum Gasteiger partial charge on any atom is 1.00 e. The van der Waals surface area contributed by atoms with Gasteiger partial charge in [0.2, 0.25) is 0 Å². The third-order valence-electron chi connectivity index (χ3n) is 4.01. The smallest absolute Gasteiger partial charge is 0.385 e. The van der Waals surface area contributed by atoms with Gasteiger partial charge in [0.05, 0.1) is 41.1 Å². The van der Waals surface area contributed by atoms with Crippen LogP contribution in [-0.2, 0) is 16.0 Å². The average Bonchev–Trinajstić information content (AvgIpc) is 2.71. The van der Waals surface area contributed by atoms with E-state index in [-0.39, 0.29) is 47.1 Å². The van der Waals surface area contributed by atoms with Crippen LogP contribution in [0.25, 0.3) is 0 Å². The summed E-state index contributed by atoms with van der Waals surface area (Å²) in [6.45, 7) is 14.7. The number of hydrogen-bond acceptors (Lipinski definition) is 7.